The molecule has 4 nitrogen and oxygen atoms in total. The smallest absolute Gasteiger partial charge is 0.328 e. The maximum atomic E-state index is 10.6. The first-order chi connectivity index (χ1) is 12.3. The van der Waals surface area contributed by atoms with Crippen molar-refractivity contribution in [2.24, 2.45) is 0 Å². The molecule has 0 spiro atoms. The van der Waals surface area contributed by atoms with Gasteiger partial charge in [0, 0.05) is 6.08 Å². The lowest BCUT2D eigenvalue weighted by molar-refractivity contribution is -0.751. The molecule has 26 heavy (non-hydrogen) atoms. The largest absolute Gasteiger partial charge is 0.478 e. The number of allylic oxidation sites excluding steroid dienone is 9. The topological polar surface area (TPSA) is 57.0 Å². The van der Waals surface area contributed by atoms with Crippen LogP contribution in [0.15, 0.2) is 77.5 Å². The van der Waals surface area contributed by atoms with Crippen molar-refractivity contribution in [3.05, 3.63) is 77.5 Å². The number of hydrogen-bond donors (Lipinski definition) is 2. The molecule has 138 valence electrons. The first-order valence-electron chi connectivity index (χ1n) is 9.02. The quantitative estimate of drug-likeness (QED) is 0.446. The molecule has 0 fully saturated rings. The zero-order valence-electron chi connectivity index (χ0n) is 16.1. The van der Waals surface area contributed by atoms with Gasteiger partial charge in [0.2, 0.25) is 6.33 Å². The number of hydrogen-bond acceptors (Lipinski definition) is 1. The van der Waals surface area contributed by atoms with E-state index in [1.807, 2.05) is 24.7 Å². The summed E-state index contributed by atoms with van der Waals surface area (Å²) in [5.41, 5.74) is 4.61. The van der Waals surface area contributed by atoms with Crippen molar-refractivity contribution < 1.29 is 14.5 Å². The molecule has 0 aliphatic heterocycles. The van der Waals surface area contributed by atoms with E-state index in [9.17, 15) is 4.79 Å². The van der Waals surface area contributed by atoms with Crippen LogP contribution >= 0.6 is 0 Å². The second kappa shape index (κ2) is 8.65. The molecule has 4 heteroatoms. The highest BCUT2D eigenvalue weighted by Crippen LogP contribution is 2.36. The molecule has 2 N–H and O–H groups in total. The SMILES string of the molecule is CC1=C(/C=C/C(C)=C/C=C/C(C)=C/C(=O)O)[C@](C)([n+]2cc[nH]c2)CCC1. The van der Waals surface area contributed by atoms with Crippen molar-refractivity contribution in [3.63, 3.8) is 0 Å². The molecule has 1 atom stereocenters. The molecule has 1 aromatic heterocycles. The van der Waals surface area contributed by atoms with E-state index in [4.69, 9.17) is 5.11 Å². The number of aliphatic carboxylic acids is 1. The number of carbonyl (C=O) groups is 1. The number of carboxylic acids is 1. The molecule has 0 saturated carbocycles. The predicted octanol–water partition coefficient (Wildman–Crippen LogP) is 4.61. The molecule has 0 bridgehead atoms. The monoisotopic (exact) mass is 353 g/mol. The molecule has 0 amide bonds. The van der Waals surface area contributed by atoms with Crippen LogP contribution in [-0.2, 0) is 10.3 Å². The fourth-order valence-electron chi connectivity index (χ4n) is 3.48. The zero-order valence-corrected chi connectivity index (χ0v) is 16.1. The minimum Gasteiger partial charge on any atom is -0.478 e. The highest BCUT2D eigenvalue weighted by molar-refractivity contribution is 5.81. The number of nitrogens with zero attached hydrogens (tertiary/aromatic N) is 1. The maximum absolute atomic E-state index is 10.6. The molecular weight excluding hydrogens is 324 g/mol. The van der Waals surface area contributed by atoms with Gasteiger partial charge in [-0.25, -0.2) is 9.36 Å². The summed E-state index contributed by atoms with van der Waals surface area (Å²) in [5, 5.41) is 8.73. The summed E-state index contributed by atoms with van der Waals surface area (Å²) >= 11 is 0. The van der Waals surface area contributed by atoms with Crippen molar-refractivity contribution in [1.82, 2.24) is 4.98 Å². The fourth-order valence-corrected chi connectivity index (χ4v) is 3.48. The lowest BCUT2D eigenvalue weighted by Crippen LogP contribution is -2.55. The third-order valence-corrected chi connectivity index (χ3v) is 4.95. The Balaban J connectivity index is 2.20. The normalized spacial score (nSPS) is 22.6. The van der Waals surface area contributed by atoms with Crippen molar-refractivity contribution in [2.45, 2.75) is 52.5 Å². The molecule has 0 aromatic carbocycles. The number of nitrogens with one attached hydrogen (secondary N) is 1. The van der Waals surface area contributed by atoms with E-state index in [0.717, 1.165) is 18.4 Å². The van der Waals surface area contributed by atoms with Crippen molar-refractivity contribution in [1.29, 1.82) is 0 Å². The van der Waals surface area contributed by atoms with Crippen molar-refractivity contribution in [2.75, 3.05) is 0 Å². The summed E-state index contributed by atoms with van der Waals surface area (Å²) in [7, 11) is 0. The Labute approximate surface area is 156 Å². The van der Waals surface area contributed by atoms with E-state index < -0.39 is 5.97 Å². The standard InChI is InChI=1S/C22H28N2O2/c1-17(7-5-8-18(2)15-21(25)26)10-11-20-19(3)9-6-12-22(20,4)24-14-13-23-16-24/h5,7-8,10-11,13-16H,6,9,12H2,1-4H3,(H,25,26)/p+1/b8-5+,11-10+,17-7+,18-15+/t22-/m1/s1. The van der Waals surface area contributed by atoms with Crippen LogP contribution in [0.25, 0.3) is 0 Å². The Morgan fingerprint density at radius 1 is 1.31 bits per heavy atom. The van der Waals surface area contributed by atoms with Crippen LogP contribution in [0.3, 0.4) is 0 Å². The molecule has 1 aliphatic rings. The first kappa shape index (κ1) is 19.7. The maximum Gasteiger partial charge on any atom is 0.328 e. The van der Waals surface area contributed by atoms with E-state index in [1.54, 1.807) is 13.0 Å². The second-order valence-corrected chi connectivity index (χ2v) is 7.17. The van der Waals surface area contributed by atoms with E-state index in [1.165, 1.54) is 23.6 Å². The van der Waals surface area contributed by atoms with E-state index in [2.05, 4.69) is 48.7 Å². The summed E-state index contributed by atoms with van der Waals surface area (Å²) < 4.78 is 2.26. The van der Waals surface area contributed by atoms with Gasteiger partial charge in [-0.05, 0) is 58.1 Å². The van der Waals surface area contributed by atoms with E-state index in [0.29, 0.717) is 5.57 Å². The number of H-pyrrole nitrogens is 1. The van der Waals surface area contributed by atoms with Crippen molar-refractivity contribution in [3.8, 4) is 0 Å². The van der Waals surface area contributed by atoms with Gasteiger partial charge < -0.3 is 5.11 Å². The Bertz CT molecular complexity index is 792. The van der Waals surface area contributed by atoms with Gasteiger partial charge in [-0.2, -0.15) is 0 Å². The summed E-state index contributed by atoms with van der Waals surface area (Å²) in [6.45, 7) is 8.35. The lowest BCUT2D eigenvalue weighted by Gasteiger charge is -2.33. The van der Waals surface area contributed by atoms with Crippen LogP contribution in [0.4, 0.5) is 0 Å². The summed E-state index contributed by atoms with van der Waals surface area (Å²) in [4.78, 5) is 13.8. The Kier molecular flexibility index (Phi) is 6.56. The van der Waals surface area contributed by atoms with Gasteiger partial charge in [0.05, 0.1) is 0 Å². The zero-order chi connectivity index (χ0) is 19.2. The molecule has 2 rings (SSSR count). The minimum absolute atomic E-state index is 0.0320. The van der Waals surface area contributed by atoms with Gasteiger partial charge in [0.25, 0.3) is 0 Å². The third-order valence-electron chi connectivity index (χ3n) is 4.95. The van der Waals surface area contributed by atoms with Gasteiger partial charge >= 0.3 is 5.97 Å². The van der Waals surface area contributed by atoms with Gasteiger partial charge in [-0.15, -0.1) is 0 Å². The van der Waals surface area contributed by atoms with Crippen LogP contribution in [-0.4, -0.2) is 16.1 Å². The number of carboxylic acid groups (broad SMARTS) is 1. The van der Waals surface area contributed by atoms with E-state index >= 15 is 0 Å². The number of aromatic nitrogens is 2. The number of rotatable bonds is 6. The summed E-state index contributed by atoms with van der Waals surface area (Å²) in [5.74, 6) is -0.922. The Morgan fingerprint density at radius 3 is 2.73 bits per heavy atom. The van der Waals surface area contributed by atoms with Crippen molar-refractivity contribution >= 4 is 5.97 Å². The lowest BCUT2D eigenvalue weighted by atomic mass is 9.77. The fraction of sp³-hybridized carbons (Fsp3) is 0.364. The van der Waals surface area contributed by atoms with Gasteiger partial charge in [-0.1, -0.05) is 41.5 Å². The molecule has 0 radical (unpaired) electrons. The highest BCUT2D eigenvalue weighted by Gasteiger charge is 2.37. The van der Waals surface area contributed by atoms with Crippen LogP contribution in [0.2, 0.25) is 0 Å². The Hall–Kier alpha value is -2.62. The molecular formula is C22H29N2O2+. The van der Waals surface area contributed by atoms with Crippen LogP contribution in [0.1, 0.15) is 47.0 Å². The average Bonchev–Trinajstić information content (AvgIpc) is 3.09. The van der Waals surface area contributed by atoms with Crippen LogP contribution in [0.5, 0.6) is 0 Å². The van der Waals surface area contributed by atoms with Gasteiger partial charge in [0.15, 0.2) is 0 Å². The first-order valence-corrected chi connectivity index (χ1v) is 9.02. The Morgan fingerprint density at radius 2 is 2.08 bits per heavy atom. The van der Waals surface area contributed by atoms with Crippen LogP contribution < -0.4 is 4.57 Å². The van der Waals surface area contributed by atoms with Gasteiger partial charge in [-0.3, -0.25) is 4.98 Å². The molecule has 1 heterocycles. The number of imidazole rings is 1. The summed E-state index contributed by atoms with van der Waals surface area (Å²) in [6.07, 6.45) is 20.8. The van der Waals surface area contributed by atoms with Gasteiger partial charge in [0.1, 0.15) is 17.9 Å². The highest BCUT2D eigenvalue weighted by atomic mass is 16.4. The predicted molar refractivity (Wildman–Crippen MR) is 105 cm³/mol. The number of aromatic amines is 1. The minimum atomic E-state index is -0.922. The van der Waals surface area contributed by atoms with E-state index in [-0.39, 0.29) is 5.54 Å². The molecule has 1 aromatic rings. The second-order valence-electron chi connectivity index (χ2n) is 7.17. The van der Waals surface area contributed by atoms with Crippen LogP contribution in [0, 0.1) is 0 Å². The molecule has 0 unspecified atom stereocenters. The average molecular weight is 353 g/mol. The third kappa shape index (κ3) is 4.94. The molecule has 1 aliphatic carbocycles. The molecule has 0 saturated heterocycles. The summed E-state index contributed by atoms with van der Waals surface area (Å²) in [6, 6.07) is 0.